The number of ether oxygens (including phenoxy) is 1. The van der Waals surface area contributed by atoms with Gasteiger partial charge in [0.2, 0.25) is 10.0 Å². The Balaban J connectivity index is 2.98. The van der Waals surface area contributed by atoms with Crippen LogP contribution in [0, 0.1) is 0 Å². The first-order valence-corrected chi connectivity index (χ1v) is 7.15. The third-order valence-corrected chi connectivity index (χ3v) is 4.00. The zero-order valence-corrected chi connectivity index (χ0v) is 11.8. The van der Waals surface area contributed by atoms with Crippen molar-refractivity contribution in [2.24, 2.45) is 5.73 Å². The Morgan fingerprint density at radius 1 is 1.38 bits per heavy atom. The van der Waals surface area contributed by atoms with Crippen molar-refractivity contribution < 1.29 is 30.7 Å². The molecule has 10 heteroatoms. The molecule has 1 aromatic rings. The van der Waals surface area contributed by atoms with Crippen molar-refractivity contribution in [2.75, 3.05) is 13.7 Å². The minimum absolute atomic E-state index is 0.0419. The monoisotopic (exact) mass is 330 g/mol. The van der Waals surface area contributed by atoms with Crippen molar-refractivity contribution in [1.29, 1.82) is 0 Å². The summed E-state index contributed by atoms with van der Waals surface area (Å²) in [5.41, 5.74) is 5.74. The van der Waals surface area contributed by atoms with E-state index >= 15 is 0 Å². The van der Waals surface area contributed by atoms with Crippen LogP contribution in [0.25, 0.3) is 0 Å². The summed E-state index contributed by atoms with van der Waals surface area (Å²) in [4.78, 5) is -0.367. The van der Waals surface area contributed by atoms with Crippen molar-refractivity contribution in [3.05, 3.63) is 23.8 Å². The van der Waals surface area contributed by atoms with Gasteiger partial charge in [0.25, 0.3) is 0 Å². The van der Waals surface area contributed by atoms with Gasteiger partial charge in [-0.25, -0.2) is 21.9 Å². The molecule has 0 unspecified atom stereocenters. The second-order valence-electron chi connectivity index (χ2n) is 4.06. The molecule has 0 aliphatic rings. The Morgan fingerprint density at radius 2 is 2.00 bits per heavy atom. The van der Waals surface area contributed by atoms with Gasteiger partial charge in [0, 0.05) is 12.1 Å². The number of nitrogens with one attached hydrogen (secondary N) is 1. The standard InChI is InChI=1S/C11H14F4N2O3S/c1-20-9-3-2-8(4-7(9)5-16)21(18,19)17-6-11(14,15)10(12)13/h2-4,10,17H,5-6,16H2,1H3. The van der Waals surface area contributed by atoms with Gasteiger partial charge in [0.1, 0.15) is 5.75 Å². The molecule has 0 saturated carbocycles. The van der Waals surface area contributed by atoms with E-state index in [9.17, 15) is 26.0 Å². The number of hydrogen-bond acceptors (Lipinski definition) is 4. The fraction of sp³-hybridized carbons (Fsp3) is 0.455. The summed E-state index contributed by atoms with van der Waals surface area (Å²) >= 11 is 0. The van der Waals surface area contributed by atoms with Gasteiger partial charge < -0.3 is 10.5 Å². The van der Waals surface area contributed by atoms with Crippen LogP contribution in [0.2, 0.25) is 0 Å². The SMILES string of the molecule is COc1ccc(S(=O)(=O)NCC(F)(F)C(F)F)cc1CN. The molecule has 1 aromatic carbocycles. The van der Waals surface area contributed by atoms with E-state index in [1.54, 1.807) is 0 Å². The molecule has 120 valence electrons. The fourth-order valence-electron chi connectivity index (χ4n) is 1.43. The number of methoxy groups -OCH3 is 1. The highest BCUT2D eigenvalue weighted by Crippen LogP contribution is 2.24. The smallest absolute Gasteiger partial charge is 0.320 e. The van der Waals surface area contributed by atoms with Crippen LogP contribution in [0.3, 0.4) is 0 Å². The summed E-state index contributed by atoms with van der Waals surface area (Å²) in [5.74, 6) is -4.12. The minimum atomic E-state index is -4.45. The van der Waals surface area contributed by atoms with Crippen LogP contribution in [0.4, 0.5) is 17.6 Å². The number of benzene rings is 1. The molecule has 1 rings (SSSR count). The molecular weight excluding hydrogens is 316 g/mol. The lowest BCUT2D eigenvalue weighted by molar-refractivity contribution is -0.122. The van der Waals surface area contributed by atoms with Crippen molar-refractivity contribution in [2.45, 2.75) is 23.8 Å². The average molecular weight is 330 g/mol. The third kappa shape index (κ3) is 4.29. The highest BCUT2D eigenvalue weighted by atomic mass is 32.2. The molecule has 0 aliphatic carbocycles. The predicted octanol–water partition coefficient (Wildman–Crippen LogP) is 1.33. The average Bonchev–Trinajstić information content (AvgIpc) is 2.44. The van der Waals surface area contributed by atoms with Gasteiger partial charge in [-0.2, -0.15) is 8.78 Å². The van der Waals surface area contributed by atoms with Gasteiger partial charge >= 0.3 is 12.3 Å². The van der Waals surface area contributed by atoms with Crippen LogP contribution in [-0.2, 0) is 16.6 Å². The maximum atomic E-state index is 12.7. The summed E-state index contributed by atoms with van der Waals surface area (Å²) in [7, 11) is -3.01. The molecule has 0 aliphatic heterocycles. The van der Waals surface area contributed by atoms with Crippen molar-refractivity contribution >= 4 is 10.0 Å². The number of alkyl halides is 4. The number of hydrogen-bond donors (Lipinski definition) is 2. The zero-order valence-electron chi connectivity index (χ0n) is 10.9. The lowest BCUT2D eigenvalue weighted by atomic mass is 10.2. The van der Waals surface area contributed by atoms with Gasteiger partial charge in [-0.1, -0.05) is 0 Å². The summed E-state index contributed by atoms with van der Waals surface area (Å²) < 4.78 is 79.4. The second-order valence-corrected chi connectivity index (χ2v) is 5.83. The van der Waals surface area contributed by atoms with Gasteiger partial charge in [0.15, 0.2) is 0 Å². The highest BCUT2D eigenvalue weighted by molar-refractivity contribution is 7.89. The van der Waals surface area contributed by atoms with Crippen LogP contribution < -0.4 is 15.2 Å². The first-order valence-electron chi connectivity index (χ1n) is 5.66. The molecule has 0 fully saturated rings. The molecule has 0 atom stereocenters. The Hall–Kier alpha value is -1.39. The Labute approximate surface area is 119 Å². The molecule has 0 spiro atoms. The first-order chi connectivity index (χ1) is 9.64. The molecule has 0 saturated heterocycles. The summed E-state index contributed by atoms with van der Waals surface area (Å²) in [6.07, 6.45) is -3.96. The predicted molar refractivity (Wildman–Crippen MR) is 67.0 cm³/mol. The third-order valence-electron chi connectivity index (χ3n) is 2.60. The molecule has 3 N–H and O–H groups in total. The number of nitrogens with two attached hydrogens (primary N) is 1. The van der Waals surface area contributed by atoms with E-state index in [1.165, 1.54) is 17.9 Å². The fourth-order valence-corrected chi connectivity index (χ4v) is 2.53. The van der Waals surface area contributed by atoms with E-state index in [0.29, 0.717) is 11.3 Å². The van der Waals surface area contributed by atoms with E-state index in [1.807, 2.05) is 0 Å². The molecule has 0 amide bonds. The molecule has 0 heterocycles. The molecule has 0 radical (unpaired) electrons. The quantitative estimate of drug-likeness (QED) is 0.739. The minimum Gasteiger partial charge on any atom is -0.496 e. The lowest BCUT2D eigenvalue weighted by Crippen LogP contribution is -2.41. The van der Waals surface area contributed by atoms with Crippen LogP contribution in [0.15, 0.2) is 23.1 Å². The van der Waals surface area contributed by atoms with E-state index in [0.717, 1.165) is 12.1 Å². The topological polar surface area (TPSA) is 81.4 Å². The van der Waals surface area contributed by atoms with Crippen LogP contribution in [-0.4, -0.2) is 34.4 Å². The van der Waals surface area contributed by atoms with E-state index in [-0.39, 0.29) is 11.4 Å². The first kappa shape index (κ1) is 17.7. The van der Waals surface area contributed by atoms with Gasteiger partial charge in [-0.05, 0) is 18.2 Å². The molecule has 0 bridgehead atoms. The van der Waals surface area contributed by atoms with Crippen LogP contribution in [0.1, 0.15) is 5.56 Å². The van der Waals surface area contributed by atoms with E-state index < -0.39 is 28.9 Å². The Morgan fingerprint density at radius 3 is 2.48 bits per heavy atom. The number of sulfonamides is 1. The summed E-state index contributed by atoms with van der Waals surface area (Å²) in [6.45, 7) is -1.74. The van der Waals surface area contributed by atoms with Gasteiger partial charge in [0.05, 0.1) is 18.6 Å². The Kier molecular flexibility index (Phi) is 5.54. The van der Waals surface area contributed by atoms with Crippen LogP contribution >= 0.6 is 0 Å². The molecule has 5 nitrogen and oxygen atoms in total. The largest absolute Gasteiger partial charge is 0.496 e. The van der Waals surface area contributed by atoms with Crippen LogP contribution in [0.5, 0.6) is 5.75 Å². The normalized spacial score (nSPS) is 12.7. The van der Waals surface area contributed by atoms with E-state index in [2.05, 4.69) is 0 Å². The second kappa shape index (κ2) is 6.58. The molecule has 0 aromatic heterocycles. The number of halogens is 4. The van der Waals surface area contributed by atoms with E-state index in [4.69, 9.17) is 10.5 Å². The van der Waals surface area contributed by atoms with Gasteiger partial charge in [-0.15, -0.1) is 0 Å². The van der Waals surface area contributed by atoms with Crippen molar-refractivity contribution in [1.82, 2.24) is 4.72 Å². The molecular formula is C11H14F4N2O3S. The zero-order chi connectivity index (χ0) is 16.3. The summed E-state index contributed by atoms with van der Waals surface area (Å²) in [6, 6.07) is 3.52. The lowest BCUT2D eigenvalue weighted by Gasteiger charge is -2.16. The van der Waals surface area contributed by atoms with Gasteiger partial charge in [-0.3, -0.25) is 0 Å². The van der Waals surface area contributed by atoms with Crippen molar-refractivity contribution in [3.63, 3.8) is 0 Å². The molecule has 21 heavy (non-hydrogen) atoms. The number of rotatable bonds is 7. The Bertz CT molecular complexity index is 593. The highest BCUT2D eigenvalue weighted by Gasteiger charge is 2.41. The maximum Gasteiger partial charge on any atom is 0.320 e. The summed E-state index contributed by atoms with van der Waals surface area (Å²) in [5, 5.41) is 0. The maximum absolute atomic E-state index is 12.7. The van der Waals surface area contributed by atoms with Crippen molar-refractivity contribution in [3.8, 4) is 5.75 Å².